The molecule has 0 unspecified atom stereocenters. The lowest BCUT2D eigenvalue weighted by Crippen LogP contribution is -2.56. The summed E-state index contributed by atoms with van der Waals surface area (Å²) in [5.74, 6) is -1.25. The summed E-state index contributed by atoms with van der Waals surface area (Å²) in [5.41, 5.74) is -1.47. The number of hydrogen-bond acceptors (Lipinski definition) is 3. The molecule has 1 aromatic heterocycles. The molecular formula is C12H15Br2NO3S. The van der Waals surface area contributed by atoms with Gasteiger partial charge in [0.25, 0.3) is 5.91 Å². The normalized spacial score (nSPS) is 12.3. The Morgan fingerprint density at radius 3 is 2.16 bits per heavy atom. The van der Waals surface area contributed by atoms with Crippen molar-refractivity contribution in [3.63, 3.8) is 0 Å². The molecule has 0 bridgehead atoms. The lowest BCUT2D eigenvalue weighted by molar-refractivity contribution is -0.150. The van der Waals surface area contributed by atoms with E-state index in [2.05, 4.69) is 37.2 Å². The van der Waals surface area contributed by atoms with Crippen LogP contribution < -0.4 is 5.32 Å². The zero-order chi connectivity index (χ0) is 15.0. The first-order valence-corrected chi connectivity index (χ1v) is 7.90. The first-order chi connectivity index (χ1) is 8.49. The van der Waals surface area contributed by atoms with Gasteiger partial charge in [-0.25, -0.2) is 0 Å². The SMILES string of the molecule is CC(C)(NC(=O)c1cc(Br)sc1Br)C(C)(C)C(=O)O. The first kappa shape index (κ1) is 16.7. The van der Waals surface area contributed by atoms with Crippen LogP contribution >= 0.6 is 43.2 Å². The Labute approximate surface area is 132 Å². The first-order valence-electron chi connectivity index (χ1n) is 5.50. The minimum Gasteiger partial charge on any atom is -0.481 e. The van der Waals surface area contributed by atoms with Crippen LogP contribution in [-0.2, 0) is 4.79 Å². The number of rotatable bonds is 4. The van der Waals surface area contributed by atoms with Crippen LogP contribution in [-0.4, -0.2) is 22.5 Å². The Kier molecular flexibility index (Phi) is 4.85. The van der Waals surface area contributed by atoms with Crippen LogP contribution in [0.4, 0.5) is 0 Å². The summed E-state index contributed by atoms with van der Waals surface area (Å²) in [6.07, 6.45) is 0. The maximum Gasteiger partial charge on any atom is 0.311 e. The number of thiophene rings is 1. The van der Waals surface area contributed by atoms with Crippen molar-refractivity contribution in [2.24, 2.45) is 5.41 Å². The molecule has 106 valence electrons. The third kappa shape index (κ3) is 3.38. The quantitative estimate of drug-likeness (QED) is 0.788. The highest BCUT2D eigenvalue weighted by atomic mass is 79.9. The molecule has 0 fully saturated rings. The van der Waals surface area contributed by atoms with E-state index < -0.39 is 16.9 Å². The van der Waals surface area contributed by atoms with Crippen LogP contribution in [0.15, 0.2) is 13.6 Å². The van der Waals surface area contributed by atoms with Gasteiger partial charge < -0.3 is 10.4 Å². The molecule has 7 heteroatoms. The predicted molar refractivity (Wildman–Crippen MR) is 82.7 cm³/mol. The molecule has 0 atom stereocenters. The lowest BCUT2D eigenvalue weighted by atomic mass is 9.74. The molecule has 0 saturated heterocycles. The summed E-state index contributed by atoms with van der Waals surface area (Å²) in [6, 6.07) is 1.70. The predicted octanol–water partition coefficient (Wildman–Crippen LogP) is 3.89. The molecule has 0 aliphatic rings. The largest absolute Gasteiger partial charge is 0.481 e. The Morgan fingerprint density at radius 1 is 1.26 bits per heavy atom. The second kappa shape index (κ2) is 5.54. The van der Waals surface area contributed by atoms with Gasteiger partial charge >= 0.3 is 5.97 Å². The Bertz CT molecular complexity index is 523. The summed E-state index contributed by atoms with van der Waals surface area (Å²) in [6.45, 7) is 6.59. The van der Waals surface area contributed by atoms with Crippen LogP contribution in [0.2, 0.25) is 0 Å². The van der Waals surface area contributed by atoms with Gasteiger partial charge in [0.2, 0.25) is 0 Å². The van der Waals surface area contributed by atoms with Gasteiger partial charge in [-0.15, -0.1) is 11.3 Å². The van der Waals surface area contributed by atoms with Crippen molar-refractivity contribution in [1.82, 2.24) is 5.32 Å². The highest BCUT2D eigenvalue weighted by Crippen LogP contribution is 2.34. The number of hydrogen-bond donors (Lipinski definition) is 2. The van der Waals surface area contributed by atoms with Gasteiger partial charge in [-0.3, -0.25) is 9.59 Å². The number of amides is 1. The summed E-state index contributed by atoms with van der Waals surface area (Å²) in [5, 5.41) is 12.0. The molecule has 0 aromatic carbocycles. The molecule has 0 spiro atoms. The molecule has 1 aromatic rings. The number of aliphatic carboxylic acids is 1. The maximum absolute atomic E-state index is 12.2. The monoisotopic (exact) mass is 411 g/mol. The highest BCUT2D eigenvalue weighted by molar-refractivity contribution is 9.12. The number of carbonyl (C=O) groups excluding carboxylic acids is 1. The fourth-order valence-corrected chi connectivity index (χ4v) is 4.06. The molecule has 4 nitrogen and oxygen atoms in total. The third-order valence-electron chi connectivity index (χ3n) is 3.42. The van der Waals surface area contributed by atoms with E-state index in [-0.39, 0.29) is 5.91 Å². The van der Waals surface area contributed by atoms with Crippen molar-refractivity contribution < 1.29 is 14.7 Å². The van der Waals surface area contributed by atoms with Gasteiger partial charge in [0.1, 0.15) is 0 Å². The van der Waals surface area contributed by atoms with Crippen LogP contribution in [0.5, 0.6) is 0 Å². The van der Waals surface area contributed by atoms with Gasteiger partial charge in [-0.05, 0) is 65.6 Å². The molecule has 0 aliphatic carbocycles. The van der Waals surface area contributed by atoms with Crippen molar-refractivity contribution in [1.29, 1.82) is 0 Å². The summed E-state index contributed by atoms with van der Waals surface area (Å²) >= 11 is 8.02. The molecule has 1 heterocycles. The van der Waals surface area contributed by atoms with Crippen molar-refractivity contribution in [3.8, 4) is 0 Å². The Hall–Kier alpha value is -0.400. The van der Waals surface area contributed by atoms with Gasteiger partial charge in [-0.1, -0.05) is 0 Å². The molecule has 1 rings (SSSR count). The van der Waals surface area contributed by atoms with E-state index in [1.807, 2.05) is 0 Å². The topological polar surface area (TPSA) is 66.4 Å². The van der Waals surface area contributed by atoms with Gasteiger partial charge in [-0.2, -0.15) is 0 Å². The smallest absolute Gasteiger partial charge is 0.311 e. The van der Waals surface area contributed by atoms with Crippen molar-refractivity contribution in [3.05, 3.63) is 19.2 Å². The van der Waals surface area contributed by atoms with Crippen molar-refractivity contribution in [2.45, 2.75) is 33.2 Å². The number of carbonyl (C=O) groups is 2. The summed E-state index contributed by atoms with van der Waals surface area (Å²) < 4.78 is 1.54. The zero-order valence-corrected chi connectivity index (χ0v) is 15.0. The summed E-state index contributed by atoms with van der Waals surface area (Å²) in [4.78, 5) is 23.5. The Morgan fingerprint density at radius 2 is 1.79 bits per heavy atom. The molecule has 19 heavy (non-hydrogen) atoms. The van der Waals surface area contributed by atoms with E-state index >= 15 is 0 Å². The average Bonchev–Trinajstić information content (AvgIpc) is 2.56. The molecule has 0 saturated carbocycles. The van der Waals surface area contributed by atoms with Crippen LogP contribution in [0, 0.1) is 5.41 Å². The van der Waals surface area contributed by atoms with Gasteiger partial charge in [0, 0.05) is 0 Å². The molecule has 0 radical (unpaired) electrons. The minimum atomic E-state index is -1.08. The van der Waals surface area contributed by atoms with Gasteiger partial charge in [0.05, 0.1) is 24.1 Å². The van der Waals surface area contributed by atoms with E-state index in [0.29, 0.717) is 9.35 Å². The van der Waals surface area contributed by atoms with Crippen LogP contribution in [0.1, 0.15) is 38.1 Å². The number of carboxylic acid groups (broad SMARTS) is 1. The van der Waals surface area contributed by atoms with E-state index in [1.165, 1.54) is 11.3 Å². The molecule has 1 amide bonds. The van der Waals surface area contributed by atoms with E-state index in [0.717, 1.165) is 3.79 Å². The lowest BCUT2D eigenvalue weighted by Gasteiger charge is -2.38. The third-order valence-corrected chi connectivity index (χ3v) is 5.76. The Balaban J connectivity index is 2.99. The molecular weight excluding hydrogens is 398 g/mol. The fourth-order valence-electron chi connectivity index (χ4n) is 1.27. The molecule has 2 N–H and O–H groups in total. The van der Waals surface area contributed by atoms with Gasteiger partial charge in [0.15, 0.2) is 0 Å². The van der Waals surface area contributed by atoms with Crippen LogP contribution in [0.25, 0.3) is 0 Å². The minimum absolute atomic E-state index is 0.298. The number of carboxylic acids is 1. The average molecular weight is 413 g/mol. The highest BCUT2D eigenvalue weighted by Gasteiger charge is 2.44. The number of halogens is 2. The van der Waals surface area contributed by atoms with Crippen LogP contribution in [0.3, 0.4) is 0 Å². The summed E-state index contributed by atoms with van der Waals surface area (Å²) in [7, 11) is 0. The fraction of sp³-hybridized carbons (Fsp3) is 0.500. The zero-order valence-electron chi connectivity index (χ0n) is 11.0. The van der Waals surface area contributed by atoms with E-state index in [4.69, 9.17) is 0 Å². The second-order valence-corrected chi connectivity index (χ2v) is 9.00. The molecule has 0 aliphatic heterocycles. The second-order valence-electron chi connectivity index (χ2n) is 5.25. The van der Waals surface area contributed by atoms with E-state index in [1.54, 1.807) is 33.8 Å². The standard InChI is InChI=1S/C12H15Br2NO3S/c1-11(2,10(17)18)12(3,4)15-9(16)6-5-7(13)19-8(6)14/h5H,1-4H3,(H,15,16)(H,17,18). The van der Waals surface area contributed by atoms with E-state index in [9.17, 15) is 14.7 Å². The van der Waals surface area contributed by atoms with Crippen molar-refractivity contribution in [2.75, 3.05) is 0 Å². The number of nitrogens with one attached hydrogen (secondary N) is 1. The van der Waals surface area contributed by atoms with Crippen molar-refractivity contribution >= 4 is 55.1 Å². The maximum atomic E-state index is 12.2.